The largest absolute Gasteiger partial charge is 0.483 e. The van der Waals surface area contributed by atoms with E-state index in [-0.39, 0.29) is 24.7 Å². The highest BCUT2D eigenvalue weighted by molar-refractivity contribution is 7.90. The quantitative estimate of drug-likeness (QED) is 0.392. The molecule has 0 bridgehead atoms. The normalized spacial score (nSPS) is 20.8. The Hall–Kier alpha value is -2.90. The fourth-order valence-corrected chi connectivity index (χ4v) is 6.74. The van der Waals surface area contributed by atoms with Crippen molar-refractivity contribution in [2.45, 2.75) is 31.4 Å². The minimum Gasteiger partial charge on any atom is -0.483 e. The van der Waals surface area contributed by atoms with Crippen LogP contribution in [0.3, 0.4) is 0 Å². The van der Waals surface area contributed by atoms with E-state index in [1.165, 1.54) is 4.31 Å². The van der Waals surface area contributed by atoms with Gasteiger partial charge in [-0.3, -0.25) is 14.4 Å². The van der Waals surface area contributed by atoms with Gasteiger partial charge in [0.15, 0.2) is 6.61 Å². The number of nitrogens with zero attached hydrogens (tertiary/aromatic N) is 3. The van der Waals surface area contributed by atoms with Crippen molar-refractivity contribution in [2.75, 3.05) is 76.2 Å². The van der Waals surface area contributed by atoms with Gasteiger partial charge in [0.2, 0.25) is 0 Å². The zero-order valence-electron chi connectivity index (χ0n) is 22.9. The average Bonchev–Trinajstić information content (AvgIpc) is 3.40. The molecule has 0 aliphatic carbocycles. The molecule has 2 saturated heterocycles. The molecule has 0 spiro atoms. The third-order valence-corrected chi connectivity index (χ3v) is 9.32. The van der Waals surface area contributed by atoms with Crippen LogP contribution >= 0.6 is 0 Å². The van der Waals surface area contributed by atoms with Crippen molar-refractivity contribution in [1.82, 2.24) is 14.1 Å². The number of β-amino-alcohol motifs (C(OH)–C–C–N with tert-alkyl or cyclic N) is 1. The van der Waals surface area contributed by atoms with Crippen LogP contribution in [0.5, 0.6) is 5.75 Å². The topological polar surface area (TPSA) is 124 Å². The third kappa shape index (κ3) is 6.69. The Morgan fingerprint density at radius 2 is 1.98 bits per heavy atom. The highest BCUT2D eigenvalue weighted by atomic mass is 32.2. The number of nitrogens with one attached hydrogen (secondary N) is 2. The molecule has 2 atom stereocenters. The molecule has 2 aromatic carbocycles. The maximum Gasteiger partial charge on any atom is 0.301 e. The minimum absolute atomic E-state index is 0.145. The molecule has 3 aliphatic heterocycles. The zero-order chi connectivity index (χ0) is 28.1. The highest BCUT2D eigenvalue weighted by Crippen LogP contribution is 2.38. The Bertz CT molecular complexity index is 1270. The molecule has 1 amide bonds. The number of rotatable bonds is 10. The maximum absolute atomic E-state index is 13.4. The Morgan fingerprint density at radius 3 is 2.70 bits per heavy atom. The summed E-state index contributed by atoms with van der Waals surface area (Å²) in [4.78, 5) is 17.3. The number of morpholine rings is 1. The highest BCUT2D eigenvalue weighted by Gasteiger charge is 2.30. The summed E-state index contributed by atoms with van der Waals surface area (Å²) in [5.74, 6) is 0.403. The van der Waals surface area contributed by atoms with Crippen molar-refractivity contribution in [2.24, 2.45) is 0 Å². The van der Waals surface area contributed by atoms with Gasteiger partial charge in [-0.25, -0.2) is 0 Å². The van der Waals surface area contributed by atoms with Crippen molar-refractivity contribution >= 4 is 27.5 Å². The summed E-state index contributed by atoms with van der Waals surface area (Å²) in [6, 6.07) is 13.1. The molecule has 0 unspecified atom stereocenters. The molecule has 12 heteroatoms. The number of aliphatic hydroxyl groups is 1. The summed E-state index contributed by atoms with van der Waals surface area (Å²) in [6.45, 7) is 3.96. The van der Waals surface area contributed by atoms with Gasteiger partial charge in [0, 0.05) is 51.9 Å². The molecule has 0 radical (unpaired) electrons. The van der Waals surface area contributed by atoms with Crippen LogP contribution in [0, 0.1) is 0 Å². The number of ether oxygens (including phenoxy) is 2. The third-order valence-electron chi connectivity index (χ3n) is 7.80. The fraction of sp³-hybridized carbons (Fsp3) is 0.536. The van der Waals surface area contributed by atoms with E-state index in [9.17, 15) is 18.3 Å². The van der Waals surface area contributed by atoms with Crippen LogP contribution < -0.4 is 14.8 Å². The number of likely N-dealkylation sites (tertiary alicyclic amines) is 1. The molecule has 40 heavy (non-hydrogen) atoms. The van der Waals surface area contributed by atoms with E-state index < -0.39 is 10.2 Å². The van der Waals surface area contributed by atoms with Gasteiger partial charge >= 0.3 is 10.2 Å². The second-order valence-corrected chi connectivity index (χ2v) is 12.2. The summed E-state index contributed by atoms with van der Waals surface area (Å²) in [6.07, 6.45) is 1.98. The Balaban J connectivity index is 1.28. The van der Waals surface area contributed by atoms with Gasteiger partial charge in [-0.1, -0.05) is 30.3 Å². The molecule has 218 valence electrons. The number of amides is 1. The molecule has 0 aromatic heterocycles. The predicted octanol–water partition coefficient (Wildman–Crippen LogP) is 1.68. The van der Waals surface area contributed by atoms with Crippen molar-refractivity contribution in [3.63, 3.8) is 0 Å². The molecule has 3 N–H and O–H groups in total. The molecule has 3 aliphatic rings. The van der Waals surface area contributed by atoms with Crippen molar-refractivity contribution in [3.8, 4) is 5.75 Å². The lowest BCUT2D eigenvalue weighted by atomic mass is 10.0. The van der Waals surface area contributed by atoms with Gasteiger partial charge in [0.05, 0.1) is 36.7 Å². The van der Waals surface area contributed by atoms with E-state index in [0.717, 1.165) is 30.5 Å². The van der Waals surface area contributed by atoms with Gasteiger partial charge < -0.3 is 24.8 Å². The number of carbonyl (C=O) groups is 1. The number of anilines is 2. The van der Waals surface area contributed by atoms with Gasteiger partial charge in [0.1, 0.15) is 5.75 Å². The van der Waals surface area contributed by atoms with Gasteiger partial charge in [-0.15, -0.1) is 0 Å². The molecule has 11 nitrogen and oxygen atoms in total. The van der Waals surface area contributed by atoms with E-state index in [0.29, 0.717) is 69.5 Å². The van der Waals surface area contributed by atoms with E-state index >= 15 is 0 Å². The molecule has 5 rings (SSSR count). The van der Waals surface area contributed by atoms with Crippen LogP contribution in [0.1, 0.15) is 30.0 Å². The molecular weight excluding hydrogens is 534 g/mol. The van der Waals surface area contributed by atoms with Crippen LogP contribution in [0.25, 0.3) is 0 Å². The first-order chi connectivity index (χ1) is 19.3. The van der Waals surface area contributed by atoms with Crippen molar-refractivity contribution in [1.29, 1.82) is 0 Å². The van der Waals surface area contributed by atoms with Crippen LogP contribution in [-0.2, 0) is 26.2 Å². The zero-order valence-corrected chi connectivity index (χ0v) is 23.7. The van der Waals surface area contributed by atoms with Gasteiger partial charge in [-0.05, 0) is 37.0 Å². The smallest absolute Gasteiger partial charge is 0.301 e. The monoisotopic (exact) mass is 573 g/mol. The molecule has 2 aromatic rings. The van der Waals surface area contributed by atoms with Crippen molar-refractivity contribution in [3.05, 3.63) is 53.6 Å². The Labute approximate surface area is 236 Å². The van der Waals surface area contributed by atoms with E-state index in [4.69, 9.17) is 9.47 Å². The molecular formula is C28H39N5O6S. The van der Waals surface area contributed by atoms with Crippen LogP contribution in [0.4, 0.5) is 11.4 Å². The SMILES string of the molecule is CN(C(=O)COc1ccc(NS(=O)(=O)N2CCOCC2)c2c1CCCN2)[C@H](CN1CC[C@H](O)C1)c1ccccc1. The number of hydrogen-bond acceptors (Lipinski definition) is 8. The lowest BCUT2D eigenvalue weighted by molar-refractivity contribution is -0.134. The summed E-state index contributed by atoms with van der Waals surface area (Å²) in [7, 11) is -1.94. The van der Waals surface area contributed by atoms with E-state index in [1.807, 2.05) is 30.3 Å². The Kier molecular flexibility index (Phi) is 9.11. The van der Waals surface area contributed by atoms with E-state index in [1.54, 1.807) is 24.1 Å². The summed E-state index contributed by atoms with van der Waals surface area (Å²) in [5, 5.41) is 13.3. The minimum atomic E-state index is -3.73. The summed E-state index contributed by atoms with van der Waals surface area (Å²) >= 11 is 0. The van der Waals surface area contributed by atoms with Gasteiger partial charge in [0.25, 0.3) is 5.91 Å². The summed E-state index contributed by atoms with van der Waals surface area (Å²) in [5.41, 5.74) is 3.04. The van der Waals surface area contributed by atoms with Crippen LogP contribution in [0.2, 0.25) is 0 Å². The number of likely N-dealkylation sites (N-methyl/N-ethyl adjacent to an activating group) is 1. The second-order valence-electron chi connectivity index (χ2n) is 10.5. The molecule has 2 fully saturated rings. The number of aliphatic hydroxyl groups excluding tert-OH is 1. The standard InChI is InChI=1S/C28H39N5O6S/c1-31(25(21-6-3-2-4-7-21)19-32-13-11-22(34)18-32)27(35)20-39-26-10-9-24(28-23(26)8-5-12-29-28)30-40(36,37)33-14-16-38-17-15-33/h2-4,6-7,9-10,22,25,29-30,34H,5,8,11-20H2,1H3/t22-,25+/m0/s1. The molecule has 3 heterocycles. The average molecular weight is 574 g/mol. The lowest BCUT2D eigenvalue weighted by Crippen LogP contribution is -2.43. The first-order valence-electron chi connectivity index (χ1n) is 13.9. The maximum atomic E-state index is 13.4. The molecule has 0 saturated carbocycles. The van der Waals surface area contributed by atoms with Crippen LogP contribution in [-0.4, -0.2) is 106 Å². The number of carbonyl (C=O) groups excluding carboxylic acids is 1. The first-order valence-corrected chi connectivity index (χ1v) is 15.3. The summed E-state index contributed by atoms with van der Waals surface area (Å²) < 4.78 is 41.4. The number of benzene rings is 2. The van der Waals surface area contributed by atoms with Crippen molar-refractivity contribution < 1.29 is 27.8 Å². The number of hydrogen-bond donors (Lipinski definition) is 3. The van der Waals surface area contributed by atoms with Gasteiger partial charge in [-0.2, -0.15) is 12.7 Å². The lowest BCUT2D eigenvalue weighted by Gasteiger charge is -2.32. The van der Waals surface area contributed by atoms with Crippen LogP contribution in [0.15, 0.2) is 42.5 Å². The Morgan fingerprint density at radius 1 is 1.20 bits per heavy atom. The first kappa shape index (κ1) is 28.6. The van der Waals surface area contributed by atoms with E-state index in [2.05, 4.69) is 14.9 Å². The number of fused-ring (bicyclic) bond motifs is 1. The second kappa shape index (κ2) is 12.7. The predicted molar refractivity (Wildman–Crippen MR) is 153 cm³/mol. The fourth-order valence-electron chi connectivity index (χ4n) is 5.53.